The van der Waals surface area contributed by atoms with Gasteiger partial charge < -0.3 is 9.84 Å². The van der Waals surface area contributed by atoms with Crippen LogP contribution in [-0.2, 0) is 11.3 Å². The average molecular weight is 413 g/mol. The number of nitrogens with zero attached hydrogens (tertiary/aromatic N) is 3. The molecule has 0 fully saturated rings. The number of anilines is 1. The Balaban J connectivity index is 1.55. The first kappa shape index (κ1) is 18.8. The number of carbonyl (C=O) groups is 1. The van der Waals surface area contributed by atoms with Crippen molar-refractivity contribution >= 4 is 34.3 Å². The van der Waals surface area contributed by atoms with Crippen molar-refractivity contribution in [1.29, 1.82) is 0 Å². The Morgan fingerprint density at radius 2 is 2.00 bits per heavy atom. The van der Waals surface area contributed by atoms with Crippen LogP contribution in [0.5, 0.6) is 0 Å². The fourth-order valence-electron chi connectivity index (χ4n) is 2.86. The van der Waals surface area contributed by atoms with E-state index in [0.717, 1.165) is 11.6 Å². The molecule has 7 nitrogen and oxygen atoms in total. The van der Waals surface area contributed by atoms with Crippen LogP contribution in [0.3, 0.4) is 0 Å². The van der Waals surface area contributed by atoms with Gasteiger partial charge in [0.25, 0.3) is 11.3 Å². The second kappa shape index (κ2) is 7.84. The minimum atomic E-state index is -0.636. The Morgan fingerprint density at radius 3 is 2.76 bits per heavy atom. The Morgan fingerprint density at radius 1 is 1.21 bits per heavy atom. The molecule has 4 rings (SSSR count). The van der Waals surface area contributed by atoms with E-state index < -0.39 is 11.7 Å². The molecule has 1 amide bonds. The fraction of sp³-hybridized carbons (Fsp3) is 0.100. The van der Waals surface area contributed by atoms with Crippen LogP contribution in [0.4, 0.5) is 10.1 Å². The summed E-state index contributed by atoms with van der Waals surface area (Å²) in [5, 5.41) is 6.88. The molecule has 9 heteroatoms. The predicted octanol–water partition coefficient (Wildman–Crippen LogP) is 3.87. The van der Waals surface area contributed by atoms with Crippen molar-refractivity contribution in [2.24, 2.45) is 0 Å². The van der Waals surface area contributed by atoms with E-state index in [9.17, 15) is 14.0 Å². The molecule has 0 aliphatic heterocycles. The highest BCUT2D eigenvalue weighted by molar-refractivity contribution is 6.30. The van der Waals surface area contributed by atoms with E-state index in [-0.39, 0.29) is 40.3 Å². The van der Waals surface area contributed by atoms with Crippen LogP contribution in [0.2, 0.25) is 5.02 Å². The number of nitrogens with one attached hydrogen (secondary N) is 1. The Bertz CT molecular complexity index is 1250. The maximum Gasteiger partial charge on any atom is 0.266 e. The van der Waals surface area contributed by atoms with Gasteiger partial charge >= 0.3 is 0 Å². The van der Waals surface area contributed by atoms with Crippen LogP contribution in [0.1, 0.15) is 6.42 Å². The second-order valence-electron chi connectivity index (χ2n) is 6.24. The summed E-state index contributed by atoms with van der Waals surface area (Å²) in [4.78, 5) is 29.1. The lowest BCUT2D eigenvalue weighted by Crippen LogP contribution is -2.23. The minimum absolute atomic E-state index is 0.0192. The molecule has 29 heavy (non-hydrogen) atoms. The largest absolute Gasteiger partial charge is 0.335 e. The lowest BCUT2D eigenvalue weighted by molar-refractivity contribution is -0.116. The number of hydrogen-bond acceptors (Lipinski definition) is 5. The van der Waals surface area contributed by atoms with Gasteiger partial charge in [0.1, 0.15) is 23.2 Å². The summed E-state index contributed by atoms with van der Waals surface area (Å²) in [5.74, 6) is -1.09. The minimum Gasteiger partial charge on any atom is -0.335 e. The molecule has 1 N–H and O–H groups in total. The summed E-state index contributed by atoms with van der Waals surface area (Å²) in [6, 6.07) is 13.1. The van der Waals surface area contributed by atoms with E-state index in [1.165, 1.54) is 23.0 Å². The number of carbonyl (C=O) groups excluding carboxylic acids is 1. The van der Waals surface area contributed by atoms with Gasteiger partial charge in [-0.25, -0.2) is 9.37 Å². The first-order valence-corrected chi connectivity index (χ1v) is 9.06. The molecule has 0 bridgehead atoms. The summed E-state index contributed by atoms with van der Waals surface area (Å²) in [7, 11) is 0. The molecule has 0 aliphatic carbocycles. The third-order valence-electron chi connectivity index (χ3n) is 4.30. The Kier molecular flexibility index (Phi) is 5.09. The standard InChI is InChI=1S/C20H14ClFN4O3/c21-13-6-7-15(14(22)10-13)24-16(27)8-9-26-11-23-19-17(20(26)28)18(25-29-19)12-4-2-1-3-5-12/h1-7,10-11H,8-9H2,(H,24,27). The smallest absolute Gasteiger partial charge is 0.266 e. The topological polar surface area (TPSA) is 90.0 Å². The van der Waals surface area contributed by atoms with Crippen molar-refractivity contribution in [3.8, 4) is 11.3 Å². The van der Waals surface area contributed by atoms with E-state index in [1.807, 2.05) is 30.3 Å². The van der Waals surface area contributed by atoms with Crippen LogP contribution < -0.4 is 10.9 Å². The maximum atomic E-state index is 13.8. The quantitative estimate of drug-likeness (QED) is 0.537. The number of benzene rings is 2. The summed E-state index contributed by atoms with van der Waals surface area (Å²) >= 11 is 5.70. The van der Waals surface area contributed by atoms with E-state index in [4.69, 9.17) is 16.1 Å². The summed E-state index contributed by atoms with van der Waals surface area (Å²) < 4.78 is 20.3. The lowest BCUT2D eigenvalue weighted by Gasteiger charge is -2.08. The van der Waals surface area contributed by atoms with Gasteiger partial charge in [-0.3, -0.25) is 14.2 Å². The van der Waals surface area contributed by atoms with Gasteiger partial charge in [0.2, 0.25) is 5.91 Å². The molecule has 0 unspecified atom stereocenters. The number of aromatic nitrogens is 3. The molecular weight excluding hydrogens is 399 g/mol. The molecule has 0 saturated carbocycles. The van der Waals surface area contributed by atoms with Crippen LogP contribution in [0, 0.1) is 5.82 Å². The van der Waals surface area contributed by atoms with Crippen molar-refractivity contribution in [2.45, 2.75) is 13.0 Å². The molecule has 0 atom stereocenters. The summed E-state index contributed by atoms with van der Waals surface area (Å²) in [6.07, 6.45) is 1.24. The van der Waals surface area contributed by atoms with Crippen LogP contribution >= 0.6 is 11.6 Å². The van der Waals surface area contributed by atoms with Crippen molar-refractivity contribution < 1.29 is 13.7 Å². The van der Waals surface area contributed by atoms with E-state index >= 15 is 0 Å². The van der Waals surface area contributed by atoms with Crippen LogP contribution in [-0.4, -0.2) is 20.6 Å². The van der Waals surface area contributed by atoms with Crippen molar-refractivity contribution in [1.82, 2.24) is 14.7 Å². The number of hydrogen-bond donors (Lipinski definition) is 1. The monoisotopic (exact) mass is 412 g/mol. The van der Waals surface area contributed by atoms with Gasteiger partial charge in [-0.1, -0.05) is 47.1 Å². The summed E-state index contributed by atoms with van der Waals surface area (Å²) in [6.45, 7) is 0.0578. The molecule has 2 heterocycles. The first-order chi connectivity index (χ1) is 14.0. The van der Waals surface area contributed by atoms with Crippen molar-refractivity contribution in [3.63, 3.8) is 0 Å². The van der Waals surface area contributed by atoms with Crippen LogP contribution in [0.15, 0.2) is 64.2 Å². The first-order valence-electron chi connectivity index (χ1n) is 8.68. The van der Waals surface area contributed by atoms with Crippen LogP contribution in [0.25, 0.3) is 22.4 Å². The third kappa shape index (κ3) is 3.88. The molecule has 0 radical (unpaired) electrons. The molecular formula is C20H14ClFN4O3. The highest BCUT2D eigenvalue weighted by Crippen LogP contribution is 2.24. The SMILES string of the molecule is O=C(CCn1cnc2onc(-c3ccccc3)c2c1=O)Nc1ccc(Cl)cc1F. The third-order valence-corrected chi connectivity index (χ3v) is 4.53. The highest BCUT2D eigenvalue weighted by atomic mass is 35.5. The van der Waals surface area contributed by atoms with Gasteiger partial charge in [-0.05, 0) is 18.2 Å². The van der Waals surface area contributed by atoms with E-state index in [0.29, 0.717) is 5.69 Å². The van der Waals surface area contributed by atoms with Crippen molar-refractivity contribution in [3.05, 3.63) is 76.1 Å². The average Bonchev–Trinajstić information content (AvgIpc) is 3.15. The molecule has 146 valence electrons. The van der Waals surface area contributed by atoms with Gasteiger partial charge in [0, 0.05) is 23.6 Å². The predicted molar refractivity (Wildman–Crippen MR) is 106 cm³/mol. The zero-order chi connectivity index (χ0) is 20.4. The molecule has 2 aromatic carbocycles. The molecule has 0 spiro atoms. The van der Waals surface area contributed by atoms with E-state index in [2.05, 4.69) is 15.5 Å². The zero-order valence-corrected chi connectivity index (χ0v) is 15.7. The number of rotatable bonds is 5. The van der Waals surface area contributed by atoms with E-state index in [1.54, 1.807) is 0 Å². The number of aryl methyl sites for hydroxylation is 1. The molecule has 2 aromatic heterocycles. The van der Waals surface area contributed by atoms with Crippen molar-refractivity contribution in [2.75, 3.05) is 5.32 Å². The maximum absolute atomic E-state index is 13.8. The Hall–Kier alpha value is -3.52. The molecule has 0 aliphatic rings. The normalized spacial score (nSPS) is 11.0. The lowest BCUT2D eigenvalue weighted by atomic mass is 10.1. The number of amides is 1. The van der Waals surface area contributed by atoms with Gasteiger partial charge in [0.15, 0.2) is 0 Å². The van der Waals surface area contributed by atoms with Gasteiger partial charge in [-0.15, -0.1) is 0 Å². The second-order valence-corrected chi connectivity index (χ2v) is 6.68. The van der Waals surface area contributed by atoms with Gasteiger partial charge in [0.05, 0.1) is 5.69 Å². The fourth-order valence-corrected chi connectivity index (χ4v) is 3.02. The highest BCUT2D eigenvalue weighted by Gasteiger charge is 2.17. The molecule has 0 saturated heterocycles. The zero-order valence-electron chi connectivity index (χ0n) is 14.9. The molecule has 4 aromatic rings. The number of halogens is 2. The number of fused-ring (bicyclic) bond motifs is 1. The summed E-state index contributed by atoms with van der Waals surface area (Å²) in [5.41, 5.74) is 0.878. The Labute approximate surface area is 168 Å². The van der Waals surface area contributed by atoms with Gasteiger partial charge in [-0.2, -0.15) is 0 Å².